The van der Waals surface area contributed by atoms with E-state index in [1.807, 2.05) is 12.1 Å². The van der Waals surface area contributed by atoms with E-state index in [9.17, 15) is 0 Å². The summed E-state index contributed by atoms with van der Waals surface area (Å²) in [5, 5.41) is 8.77. The quantitative estimate of drug-likeness (QED) is 0.178. The zero-order valence-electron chi connectivity index (χ0n) is 30.1. The van der Waals surface area contributed by atoms with Crippen LogP contribution in [0.15, 0.2) is 201 Å². The third-order valence-electron chi connectivity index (χ3n) is 11.3. The molecule has 12 aromatic rings. The molecule has 0 saturated heterocycles. The molecule has 0 aliphatic carbocycles. The Kier molecular flexibility index (Phi) is 6.60. The minimum absolute atomic E-state index is 0.821. The minimum Gasteiger partial charge on any atom is -0.455 e. The third kappa shape index (κ3) is 4.47. The van der Waals surface area contributed by atoms with Crippen molar-refractivity contribution in [3.05, 3.63) is 188 Å². The van der Waals surface area contributed by atoms with Gasteiger partial charge < -0.3 is 18.2 Å². The second-order valence-corrected chi connectivity index (χ2v) is 14.4. The Balaban J connectivity index is 1.08. The first kappa shape index (κ1) is 30.9. The summed E-state index contributed by atoms with van der Waals surface area (Å²) in [5.41, 5.74) is 12.2. The maximum Gasteiger partial charge on any atom is 0.159 e. The first-order valence-electron chi connectivity index (χ1n) is 18.9. The molecule has 0 radical (unpaired) electrons. The molecule has 56 heavy (non-hydrogen) atoms. The van der Waals surface area contributed by atoms with Gasteiger partial charge >= 0.3 is 0 Å². The molecule has 12 rings (SSSR count). The molecule has 0 unspecified atom stereocenters. The molecule has 262 valence electrons. The van der Waals surface area contributed by atoms with Gasteiger partial charge in [0.15, 0.2) is 5.58 Å². The zero-order chi connectivity index (χ0) is 36.7. The number of para-hydroxylation sites is 6. The van der Waals surface area contributed by atoms with Gasteiger partial charge in [-0.15, -0.1) is 0 Å². The van der Waals surface area contributed by atoms with Gasteiger partial charge in [-0.3, -0.25) is 0 Å². The number of fused-ring (bicyclic) bond motifs is 10. The van der Waals surface area contributed by atoms with E-state index in [4.69, 9.17) is 13.3 Å². The van der Waals surface area contributed by atoms with Crippen molar-refractivity contribution in [1.82, 2.24) is 0 Å². The van der Waals surface area contributed by atoms with Gasteiger partial charge in [-0.1, -0.05) is 152 Å². The first-order chi connectivity index (χ1) is 27.8. The van der Waals surface area contributed by atoms with E-state index < -0.39 is 0 Å². The van der Waals surface area contributed by atoms with E-state index in [2.05, 4.69) is 181 Å². The van der Waals surface area contributed by atoms with E-state index in [0.29, 0.717) is 0 Å². The molecule has 0 N–H and O–H groups in total. The van der Waals surface area contributed by atoms with Crippen LogP contribution in [0.5, 0.6) is 0 Å². The molecule has 0 aliphatic heterocycles. The molecule has 9 aromatic carbocycles. The monoisotopic (exact) mass is 717 g/mol. The molecular weight excluding hydrogens is 687 g/mol. The van der Waals surface area contributed by atoms with Crippen molar-refractivity contribution in [1.29, 1.82) is 0 Å². The van der Waals surface area contributed by atoms with Gasteiger partial charge in [0.25, 0.3) is 0 Å². The number of anilines is 3. The van der Waals surface area contributed by atoms with Crippen LogP contribution in [0.2, 0.25) is 0 Å². The largest absolute Gasteiger partial charge is 0.455 e. The fourth-order valence-electron chi connectivity index (χ4n) is 8.83. The van der Waals surface area contributed by atoms with Crippen LogP contribution in [-0.4, -0.2) is 0 Å². The Hall–Kier alpha value is -7.56. The van der Waals surface area contributed by atoms with Crippen molar-refractivity contribution in [2.24, 2.45) is 0 Å². The van der Waals surface area contributed by atoms with Crippen molar-refractivity contribution in [2.45, 2.75) is 0 Å². The molecule has 0 atom stereocenters. The lowest BCUT2D eigenvalue weighted by molar-refractivity contribution is 0.665. The third-order valence-corrected chi connectivity index (χ3v) is 11.3. The predicted molar refractivity (Wildman–Crippen MR) is 231 cm³/mol. The number of nitrogens with zero attached hydrogens (tertiary/aromatic N) is 1. The van der Waals surface area contributed by atoms with Crippen LogP contribution >= 0.6 is 0 Å². The molecule has 0 saturated carbocycles. The first-order valence-corrected chi connectivity index (χ1v) is 18.9. The highest BCUT2D eigenvalue weighted by Crippen LogP contribution is 2.48. The molecule has 3 heterocycles. The van der Waals surface area contributed by atoms with E-state index >= 15 is 0 Å². The smallest absolute Gasteiger partial charge is 0.159 e. The van der Waals surface area contributed by atoms with E-state index in [0.717, 1.165) is 105 Å². The molecule has 0 amide bonds. The second-order valence-electron chi connectivity index (χ2n) is 14.4. The van der Waals surface area contributed by atoms with Crippen LogP contribution in [0, 0.1) is 0 Å². The topological polar surface area (TPSA) is 42.7 Å². The standard InChI is InChI=1S/C52H31NO3/c1-2-16-33(17-3-1)53(44-28-8-15-32-14-4-5-18-34(32)44)45-29-12-26-42-41-24-10-22-38(50(41)56-52(42)45)36-20-13-31-47-48(36)43-27-11-25-40(51(43)55-47)39-23-9-21-37-35-19-6-7-30-46(35)54-49(37)39/h1-31H. The number of hydrogen-bond donors (Lipinski definition) is 0. The van der Waals surface area contributed by atoms with Crippen LogP contribution < -0.4 is 4.90 Å². The van der Waals surface area contributed by atoms with Gasteiger partial charge in [-0.05, 0) is 47.3 Å². The molecule has 0 aliphatic rings. The average Bonchev–Trinajstić information content (AvgIpc) is 3.96. The summed E-state index contributed by atoms with van der Waals surface area (Å²) < 4.78 is 20.4. The Bertz CT molecular complexity index is 3490. The highest BCUT2D eigenvalue weighted by Gasteiger charge is 2.24. The lowest BCUT2D eigenvalue weighted by Gasteiger charge is -2.26. The van der Waals surface area contributed by atoms with Gasteiger partial charge in [0, 0.05) is 60.1 Å². The van der Waals surface area contributed by atoms with Crippen LogP contribution in [-0.2, 0) is 0 Å². The van der Waals surface area contributed by atoms with Crippen molar-refractivity contribution >= 4 is 93.7 Å². The van der Waals surface area contributed by atoms with Gasteiger partial charge in [-0.2, -0.15) is 0 Å². The maximum absolute atomic E-state index is 7.13. The molecule has 0 fully saturated rings. The summed E-state index contributed by atoms with van der Waals surface area (Å²) >= 11 is 0. The number of hydrogen-bond acceptors (Lipinski definition) is 4. The van der Waals surface area contributed by atoms with Gasteiger partial charge in [-0.25, -0.2) is 0 Å². The van der Waals surface area contributed by atoms with E-state index in [-0.39, 0.29) is 0 Å². The summed E-state index contributed by atoms with van der Waals surface area (Å²) in [5.74, 6) is 0. The Morgan fingerprint density at radius 2 is 0.768 bits per heavy atom. The van der Waals surface area contributed by atoms with Crippen molar-refractivity contribution in [3.63, 3.8) is 0 Å². The Morgan fingerprint density at radius 3 is 1.59 bits per heavy atom. The summed E-state index contributed by atoms with van der Waals surface area (Å²) in [6, 6.07) is 65.8. The fourth-order valence-corrected chi connectivity index (χ4v) is 8.83. The lowest BCUT2D eigenvalue weighted by Crippen LogP contribution is -2.10. The van der Waals surface area contributed by atoms with Crippen molar-refractivity contribution in [2.75, 3.05) is 4.90 Å². The van der Waals surface area contributed by atoms with Crippen molar-refractivity contribution < 1.29 is 13.3 Å². The SMILES string of the molecule is c1ccc(N(c2cccc3ccccc23)c2cccc3c2oc2c(-c4cccc5oc6c(-c7cccc8c7oc7ccccc78)cccc6c45)cccc23)cc1. The maximum atomic E-state index is 7.13. The average molecular weight is 718 g/mol. The summed E-state index contributed by atoms with van der Waals surface area (Å²) in [6.45, 7) is 0. The van der Waals surface area contributed by atoms with Crippen LogP contribution in [0.3, 0.4) is 0 Å². The summed E-state index contributed by atoms with van der Waals surface area (Å²) in [6.07, 6.45) is 0. The second kappa shape index (κ2) is 12.0. The minimum atomic E-state index is 0.821. The lowest BCUT2D eigenvalue weighted by atomic mass is 9.95. The van der Waals surface area contributed by atoms with Crippen LogP contribution in [0.25, 0.3) is 98.8 Å². The molecule has 4 heteroatoms. The molecule has 0 spiro atoms. The van der Waals surface area contributed by atoms with Crippen molar-refractivity contribution in [3.8, 4) is 22.3 Å². The molecular formula is C52H31NO3. The van der Waals surface area contributed by atoms with Gasteiger partial charge in [0.05, 0.1) is 11.4 Å². The van der Waals surface area contributed by atoms with Gasteiger partial charge in [0.2, 0.25) is 0 Å². The van der Waals surface area contributed by atoms with Crippen LogP contribution in [0.1, 0.15) is 0 Å². The van der Waals surface area contributed by atoms with Gasteiger partial charge in [0.1, 0.15) is 27.9 Å². The van der Waals surface area contributed by atoms with Crippen LogP contribution in [0.4, 0.5) is 17.1 Å². The molecule has 4 nitrogen and oxygen atoms in total. The highest BCUT2D eigenvalue weighted by molar-refractivity contribution is 6.21. The molecule has 3 aromatic heterocycles. The number of benzene rings is 9. The number of furan rings is 3. The Morgan fingerprint density at radius 1 is 0.286 bits per heavy atom. The highest BCUT2D eigenvalue weighted by atomic mass is 16.3. The summed E-state index contributed by atoms with van der Waals surface area (Å²) in [7, 11) is 0. The van der Waals surface area contributed by atoms with E-state index in [1.54, 1.807) is 0 Å². The molecule has 0 bridgehead atoms. The Labute approximate surface area is 321 Å². The normalized spacial score (nSPS) is 11.9. The fraction of sp³-hybridized carbons (Fsp3) is 0. The predicted octanol–water partition coefficient (Wildman–Crippen LogP) is 15.3. The summed E-state index contributed by atoms with van der Waals surface area (Å²) in [4.78, 5) is 2.32. The number of rotatable bonds is 5. The zero-order valence-corrected chi connectivity index (χ0v) is 30.1. The van der Waals surface area contributed by atoms with E-state index in [1.165, 1.54) is 10.8 Å².